The first-order valence-corrected chi connectivity index (χ1v) is 7.74. The average molecular weight is 282 g/mol. The Bertz CT molecular complexity index is 377. The van der Waals surface area contributed by atoms with E-state index in [-0.39, 0.29) is 0 Å². The molecule has 0 radical (unpaired) electrons. The van der Waals surface area contributed by atoms with Crippen molar-refractivity contribution in [2.75, 3.05) is 19.8 Å². The van der Waals surface area contributed by atoms with Gasteiger partial charge in [0.05, 0.1) is 0 Å². The van der Waals surface area contributed by atoms with Gasteiger partial charge in [-0.05, 0) is 55.8 Å². The molecule has 1 N–H and O–H groups in total. The molecule has 0 spiro atoms. The second-order valence-corrected chi connectivity index (χ2v) is 5.78. The van der Waals surface area contributed by atoms with Crippen molar-refractivity contribution in [2.24, 2.45) is 0 Å². The summed E-state index contributed by atoms with van der Waals surface area (Å²) < 4.78 is 5.47. The molecule has 1 saturated carbocycles. The fourth-order valence-corrected chi connectivity index (χ4v) is 2.74. The summed E-state index contributed by atoms with van der Waals surface area (Å²) in [5, 5.41) is 4.45. The van der Waals surface area contributed by atoms with E-state index < -0.39 is 0 Å². The third-order valence-corrected chi connectivity index (χ3v) is 3.94. The van der Waals surface area contributed by atoms with Gasteiger partial charge in [0.25, 0.3) is 0 Å². The summed E-state index contributed by atoms with van der Waals surface area (Å²) in [4.78, 5) is 0. The lowest BCUT2D eigenvalue weighted by Crippen LogP contribution is -2.40. The molecular formula is C16H24ClNO. The average Bonchev–Trinajstić information content (AvgIpc) is 2.35. The van der Waals surface area contributed by atoms with Crippen LogP contribution in [-0.4, -0.2) is 25.8 Å². The van der Waals surface area contributed by atoms with Crippen molar-refractivity contribution >= 4 is 11.6 Å². The summed E-state index contributed by atoms with van der Waals surface area (Å²) >= 11 is 6.02. The van der Waals surface area contributed by atoms with E-state index in [0.29, 0.717) is 12.0 Å². The van der Waals surface area contributed by atoms with Crippen molar-refractivity contribution < 1.29 is 4.74 Å². The zero-order valence-corrected chi connectivity index (χ0v) is 12.5. The van der Waals surface area contributed by atoms with Gasteiger partial charge in [-0.25, -0.2) is 0 Å². The molecule has 0 atom stereocenters. The second kappa shape index (κ2) is 7.88. The number of ether oxygens (including phenoxy) is 1. The molecule has 0 heterocycles. The molecule has 0 aliphatic heterocycles. The lowest BCUT2D eigenvalue weighted by molar-refractivity contribution is 0.130. The van der Waals surface area contributed by atoms with Crippen LogP contribution in [0.25, 0.3) is 0 Å². The molecule has 1 aromatic carbocycles. The Hall–Kier alpha value is -0.570. The van der Waals surface area contributed by atoms with Crippen molar-refractivity contribution in [3.8, 4) is 0 Å². The summed E-state index contributed by atoms with van der Waals surface area (Å²) in [6.07, 6.45) is 4.68. The molecule has 2 nitrogen and oxygen atoms in total. The first kappa shape index (κ1) is 14.8. The van der Waals surface area contributed by atoms with Gasteiger partial charge in [-0.15, -0.1) is 0 Å². The highest BCUT2D eigenvalue weighted by Gasteiger charge is 2.29. The van der Waals surface area contributed by atoms with Crippen LogP contribution in [0.5, 0.6) is 0 Å². The summed E-state index contributed by atoms with van der Waals surface area (Å²) in [5.41, 5.74) is 1.39. The third-order valence-electron chi connectivity index (χ3n) is 3.71. The lowest BCUT2D eigenvalue weighted by Gasteiger charge is -2.36. The van der Waals surface area contributed by atoms with Crippen molar-refractivity contribution in [3.05, 3.63) is 34.9 Å². The van der Waals surface area contributed by atoms with Crippen molar-refractivity contribution in [2.45, 2.75) is 44.6 Å². The number of hydrogen-bond donors (Lipinski definition) is 1. The molecule has 0 bridgehead atoms. The van der Waals surface area contributed by atoms with E-state index in [9.17, 15) is 0 Å². The molecule has 0 aromatic heterocycles. The Kier molecular flexibility index (Phi) is 6.15. The van der Waals surface area contributed by atoms with E-state index in [1.807, 2.05) is 12.1 Å². The normalized spacial score (nSPS) is 22.2. The van der Waals surface area contributed by atoms with Crippen molar-refractivity contribution in [1.82, 2.24) is 5.32 Å². The maximum absolute atomic E-state index is 6.02. The van der Waals surface area contributed by atoms with Gasteiger partial charge >= 0.3 is 0 Å². The topological polar surface area (TPSA) is 21.3 Å². The van der Waals surface area contributed by atoms with Crippen LogP contribution in [0.15, 0.2) is 24.3 Å². The van der Waals surface area contributed by atoms with E-state index in [2.05, 4.69) is 24.4 Å². The number of rotatable bonds is 8. The molecular weight excluding hydrogens is 258 g/mol. The number of benzene rings is 1. The van der Waals surface area contributed by atoms with E-state index in [1.165, 1.54) is 18.4 Å². The first-order chi connectivity index (χ1) is 9.29. The minimum atomic E-state index is 0.676. The van der Waals surface area contributed by atoms with Gasteiger partial charge in [-0.1, -0.05) is 30.7 Å². The Morgan fingerprint density at radius 2 is 2.16 bits per heavy atom. The maximum atomic E-state index is 6.02. The SMILES string of the molecule is CCCOCCCNC1CC(c2cccc(Cl)c2)C1. The number of hydrogen-bond acceptors (Lipinski definition) is 2. The minimum Gasteiger partial charge on any atom is -0.381 e. The zero-order chi connectivity index (χ0) is 13.5. The van der Waals surface area contributed by atoms with Gasteiger partial charge in [-0.2, -0.15) is 0 Å². The highest BCUT2D eigenvalue weighted by atomic mass is 35.5. The molecule has 1 aromatic rings. The summed E-state index contributed by atoms with van der Waals surface area (Å²) in [6.45, 7) is 4.98. The molecule has 3 heteroatoms. The van der Waals surface area contributed by atoms with Gasteiger partial charge in [0.2, 0.25) is 0 Å². The fraction of sp³-hybridized carbons (Fsp3) is 0.625. The van der Waals surface area contributed by atoms with E-state index in [4.69, 9.17) is 16.3 Å². The molecule has 19 heavy (non-hydrogen) atoms. The van der Waals surface area contributed by atoms with Gasteiger partial charge in [0, 0.05) is 24.3 Å². The molecule has 0 unspecified atom stereocenters. The second-order valence-electron chi connectivity index (χ2n) is 5.34. The predicted octanol–water partition coefficient (Wildman–Crippen LogP) is 3.99. The smallest absolute Gasteiger partial charge is 0.0478 e. The molecule has 1 aliphatic rings. The molecule has 0 saturated heterocycles. The maximum Gasteiger partial charge on any atom is 0.0478 e. The van der Waals surface area contributed by atoms with Crippen LogP contribution in [0.4, 0.5) is 0 Å². The Labute approximate surface area is 121 Å². The number of nitrogens with one attached hydrogen (secondary N) is 1. The quantitative estimate of drug-likeness (QED) is 0.728. The van der Waals surface area contributed by atoms with Crippen LogP contribution >= 0.6 is 11.6 Å². The van der Waals surface area contributed by atoms with Gasteiger partial charge < -0.3 is 10.1 Å². The van der Waals surface area contributed by atoms with Crippen LogP contribution < -0.4 is 5.32 Å². The van der Waals surface area contributed by atoms with Crippen molar-refractivity contribution in [3.63, 3.8) is 0 Å². The van der Waals surface area contributed by atoms with Crippen LogP contribution in [0.3, 0.4) is 0 Å². The van der Waals surface area contributed by atoms with Crippen LogP contribution in [-0.2, 0) is 4.74 Å². The Morgan fingerprint density at radius 1 is 1.32 bits per heavy atom. The monoisotopic (exact) mass is 281 g/mol. The minimum absolute atomic E-state index is 0.676. The van der Waals surface area contributed by atoms with E-state index in [0.717, 1.165) is 37.6 Å². The van der Waals surface area contributed by atoms with Crippen molar-refractivity contribution in [1.29, 1.82) is 0 Å². The van der Waals surface area contributed by atoms with E-state index >= 15 is 0 Å². The highest BCUT2D eigenvalue weighted by Crippen LogP contribution is 2.37. The Morgan fingerprint density at radius 3 is 2.89 bits per heavy atom. The third kappa shape index (κ3) is 4.79. The largest absolute Gasteiger partial charge is 0.381 e. The van der Waals surface area contributed by atoms with Gasteiger partial charge in [-0.3, -0.25) is 0 Å². The van der Waals surface area contributed by atoms with Gasteiger partial charge in [0.15, 0.2) is 0 Å². The zero-order valence-electron chi connectivity index (χ0n) is 11.7. The van der Waals surface area contributed by atoms with Crippen LogP contribution in [0, 0.1) is 0 Å². The first-order valence-electron chi connectivity index (χ1n) is 7.36. The summed E-state index contributed by atoms with van der Waals surface area (Å²) in [5.74, 6) is 0.688. The highest BCUT2D eigenvalue weighted by molar-refractivity contribution is 6.30. The van der Waals surface area contributed by atoms with Crippen LogP contribution in [0.2, 0.25) is 5.02 Å². The summed E-state index contributed by atoms with van der Waals surface area (Å²) in [6, 6.07) is 8.95. The molecule has 1 fully saturated rings. The molecule has 0 amide bonds. The standard InChI is InChI=1S/C16H24ClNO/c1-2-8-19-9-4-7-18-16-11-14(12-16)13-5-3-6-15(17)10-13/h3,5-6,10,14,16,18H,2,4,7-9,11-12H2,1H3. The van der Waals surface area contributed by atoms with E-state index in [1.54, 1.807) is 0 Å². The fourth-order valence-electron chi connectivity index (χ4n) is 2.54. The number of halogens is 1. The summed E-state index contributed by atoms with van der Waals surface area (Å²) in [7, 11) is 0. The van der Waals surface area contributed by atoms with Crippen LogP contribution in [0.1, 0.15) is 44.1 Å². The Balaban J connectivity index is 1.56. The molecule has 2 rings (SSSR count). The molecule has 1 aliphatic carbocycles. The lowest BCUT2D eigenvalue weighted by atomic mass is 9.76. The predicted molar refractivity (Wildman–Crippen MR) is 80.9 cm³/mol. The molecule has 106 valence electrons. The van der Waals surface area contributed by atoms with Gasteiger partial charge in [0.1, 0.15) is 0 Å².